The summed E-state index contributed by atoms with van der Waals surface area (Å²) in [5, 5.41) is 3.20. The Morgan fingerprint density at radius 3 is 2.56 bits per heavy atom. The van der Waals surface area contributed by atoms with Crippen molar-refractivity contribution in [3.8, 4) is 0 Å². The Balaban J connectivity index is 2.34. The minimum absolute atomic E-state index is 0.210. The highest BCUT2D eigenvalue weighted by Crippen LogP contribution is 2.11. The number of nitrogens with two attached hydrogens (primary N) is 1. The molecule has 1 unspecified atom stereocenters. The largest absolute Gasteiger partial charge is 0.373 e. The molecule has 3 atom stereocenters. The lowest BCUT2D eigenvalue weighted by molar-refractivity contribution is -0.120. The van der Waals surface area contributed by atoms with Crippen molar-refractivity contribution in [1.82, 2.24) is 10.2 Å². The molecule has 0 radical (unpaired) electrons. The van der Waals surface area contributed by atoms with Gasteiger partial charge in [0.25, 0.3) is 0 Å². The first-order chi connectivity index (χ1) is 8.52. The third-order valence-corrected chi connectivity index (χ3v) is 3.21. The molecule has 1 fully saturated rings. The van der Waals surface area contributed by atoms with Gasteiger partial charge in [0, 0.05) is 19.6 Å². The second kappa shape index (κ2) is 7.71. The Labute approximate surface area is 110 Å². The molecule has 5 heteroatoms. The van der Waals surface area contributed by atoms with Crippen LogP contribution in [0.4, 0.5) is 0 Å². The summed E-state index contributed by atoms with van der Waals surface area (Å²) in [6, 6.07) is -0.210. The number of carbonyl (C=O) groups is 1. The number of rotatable bonds is 7. The Morgan fingerprint density at radius 2 is 2.06 bits per heavy atom. The van der Waals surface area contributed by atoms with E-state index in [1.54, 1.807) is 0 Å². The molecule has 1 aliphatic rings. The Kier molecular flexibility index (Phi) is 6.60. The summed E-state index contributed by atoms with van der Waals surface area (Å²) >= 11 is 0. The number of ether oxygens (including phenoxy) is 1. The first kappa shape index (κ1) is 15.4. The lowest BCUT2D eigenvalue weighted by atomic mass is 10.1. The summed E-state index contributed by atoms with van der Waals surface area (Å²) < 4.78 is 5.69. The molecule has 1 aliphatic heterocycles. The van der Waals surface area contributed by atoms with Crippen LogP contribution in [0.1, 0.15) is 33.6 Å². The van der Waals surface area contributed by atoms with Crippen molar-refractivity contribution < 1.29 is 9.53 Å². The molecule has 0 bridgehead atoms. The molecule has 1 rings (SSSR count). The van der Waals surface area contributed by atoms with Crippen LogP contribution in [0.3, 0.4) is 0 Å². The summed E-state index contributed by atoms with van der Waals surface area (Å²) in [6.07, 6.45) is 2.32. The van der Waals surface area contributed by atoms with E-state index in [9.17, 15) is 4.79 Å². The first-order valence-electron chi connectivity index (χ1n) is 6.93. The monoisotopic (exact) mass is 257 g/mol. The fraction of sp³-hybridized carbons (Fsp3) is 0.923. The maximum absolute atomic E-state index is 11.3. The van der Waals surface area contributed by atoms with E-state index in [2.05, 4.69) is 31.0 Å². The van der Waals surface area contributed by atoms with Gasteiger partial charge in [0.1, 0.15) is 0 Å². The van der Waals surface area contributed by atoms with Gasteiger partial charge in [-0.2, -0.15) is 0 Å². The quantitative estimate of drug-likeness (QED) is 0.690. The van der Waals surface area contributed by atoms with Crippen LogP contribution in [0.15, 0.2) is 0 Å². The number of nitrogens with one attached hydrogen (secondary N) is 1. The molecule has 0 aromatic heterocycles. The van der Waals surface area contributed by atoms with Crippen LogP contribution >= 0.6 is 0 Å². The van der Waals surface area contributed by atoms with Crippen molar-refractivity contribution in [2.24, 2.45) is 5.73 Å². The molecule has 18 heavy (non-hydrogen) atoms. The standard InChI is InChI=1S/C13H27N3O2/c1-4-6-15-12(13(14)17)5-7-16-8-10(2)18-11(3)9-16/h10-12,15H,4-9H2,1-3H3,(H2,14,17)/t10-,11+,12?. The molecule has 0 spiro atoms. The van der Waals surface area contributed by atoms with Gasteiger partial charge in [-0.05, 0) is 33.2 Å². The van der Waals surface area contributed by atoms with Crippen molar-refractivity contribution in [1.29, 1.82) is 0 Å². The average Bonchev–Trinajstić information content (AvgIpc) is 2.27. The second-order valence-electron chi connectivity index (χ2n) is 5.21. The lowest BCUT2D eigenvalue weighted by Crippen LogP contribution is -2.48. The van der Waals surface area contributed by atoms with E-state index in [4.69, 9.17) is 10.5 Å². The predicted octanol–water partition coefficient (Wildman–Crippen LogP) is 0.339. The fourth-order valence-corrected chi connectivity index (χ4v) is 2.44. The molecule has 106 valence electrons. The zero-order valence-electron chi connectivity index (χ0n) is 11.8. The van der Waals surface area contributed by atoms with Gasteiger partial charge < -0.3 is 15.8 Å². The van der Waals surface area contributed by atoms with Gasteiger partial charge in [0.15, 0.2) is 0 Å². The lowest BCUT2D eigenvalue weighted by Gasteiger charge is -2.35. The Bertz CT molecular complexity index is 251. The fourth-order valence-electron chi connectivity index (χ4n) is 2.44. The molecule has 0 aromatic rings. The summed E-state index contributed by atoms with van der Waals surface area (Å²) in [5.74, 6) is -0.252. The van der Waals surface area contributed by atoms with E-state index >= 15 is 0 Å². The molecule has 3 N–H and O–H groups in total. The normalized spacial score (nSPS) is 27.1. The molecular weight excluding hydrogens is 230 g/mol. The van der Waals surface area contributed by atoms with E-state index < -0.39 is 0 Å². The van der Waals surface area contributed by atoms with Gasteiger partial charge in [-0.3, -0.25) is 9.69 Å². The molecule has 1 amide bonds. The molecule has 0 aromatic carbocycles. The van der Waals surface area contributed by atoms with Crippen molar-refractivity contribution >= 4 is 5.91 Å². The van der Waals surface area contributed by atoms with Gasteiger partial charge >= 0.3 is 0 Å². The molecule has 0 saturated carbocycles. The highest BCUT2D eigenvalue weighted by atomic mass is 16.5. The minimum Gasteiger partial charge on any atom is -0.373 e. The van der Waals surface area contributed by atoms with Crippen LogP contribution in [-0.2, 0) is 9.53 Å². The van der Waals surface area contributed by atoms with Gasteiger partial charge in [0.05, 0.1) is 18.2 Å². The third kappa shape index (κ3) is 5.33. The van der Waals surface area contributed by atoms with Gasteiger partial charge in [-0.1, -0.05) is 6.92 Å². The third-order valence-electron chi connectivity index (χ3n) is 3.21. The molecular formula is C13H27N3O2. The van der Waals surface area contributed by atoms with E-state index in [0.29, 0.717) is 0 Å². The maximum atomic E-state index is 11.3. The van der Waals surface area contributed by atoms with Crippen LogP contribution in [0.5, 0.6) is 0 Å². The SMILES string of the molecule is CCCNC(CCN1C[C@@H](C)O[C@@H](C)C1)C(N)=O. The van der Waals surface area contributed by atoms with Crippen molar-refractivity contribution in [3.63, 3.8) is 0 Å². The molecule has 0 aliphatic carbocycles. The van der Waals surface area contributed by atoms with Crippen LogP contribution < -0.4 is 11.1 Å². The highest BCUT2D eigenvalue weighted by Gasteiger charge is 2.23. The van der Waals surface area contributed by atoms with Crippen LogP contribution in [-0.4, -0.2) is 55.2 Å². The van der Waals surface area contributed by atoms with Crippen molar-refractivity contribution in [3.05, 3.63) is 0 Å². The number of nitrogens with zero attached hydrogens (tertiary/aromatic N) is 1. The Morgan fingerprint density at radius 1 is 1.44 bits per heavy atom. The number of carbonyl (C=O) groups excluding carboxylic acids is 1. The van der Waals surface area contributed by atoms with E-state index in [1.165, 1.54) is 0 Å². The average molecular weight is 257 g/mol. The van der Waals surface area contributed by atoms with Crippen LogP contribution in [0.2, 0.25) is 0 Å². The zero-order chi connectivity index (χ0) is 13.5. The number of morpholine rings is 1. The number of hydrogen-bond acceptors (Lipinski definition) is 4. The van der Waals surface area contributed by atoms with Gasteiger partial charge in [-0.15, -0.1) is 0 Å². The number of primary amides is 1. The highest BCUT2D eigenvalue weighted by molar-refractivity contribution is 5.79. The Hall–Kier alpha value is -0.650. The maximum Gasteiger partial charge on any atom is 0.234 e. The summed E-state index contributed by atoms with van der Waals surface area (Å²) in [6.45, 7) is 9.85. The van der Waals surface area contributed by atoms with Crippen molar-refractivity contribution in [2.45, 2.75) is 51.9 Å². The van der Waals surface area contributed by atoms with E-state index in [-0.39, 0.29) is 24.2 Å². The topological polar surface area (TPSA) is 67.6 Å². The summed E-state index contributed by atoms with van der Waals surface area (Å²) in [4.78, 5) is 13.7. The smallest absolute Gasteiger partial charge is 0.234 e. The second-order valence-corrected chi connectivity index (χ2v) is 5.21. The molecule has 5 nitrogen and oxygen atoms in total. The number of amides is 1. The molecule has 1 saturated heterocycles. The summed E-state index contributed by atoms with van der Waals surface area (Å²) in [5.41, 5.74) is 5.40. The first-order valence-corrected chi connectivity index (χ1v) is 6.93. The molecule has 1 heterocycles. The predicted molar refractivity (Wildman–Crippen MR) is 72.3 cm³/mol. The van der Waals surface area contributed by atoms with E-state index in [1.807, 2.05) is 0 Å². The van der Waals surface area contributed by atoms with Crippen LogP contribution in [0, 0.1) is 0 Å². The van der Waals surface area contributed by atoms with Crippen molar-refractivity contribution in [2.75, 3.05) is 26.2 Å². The van der Waals surface area contributed by atoms with Crippen LogP contribution in [0.25, 0.3) is 0 Å². The van der Waals surface area contributed by atoms with Gasteiger partial charge in [0.2, 0.25) is 5.91 Å². The van der Waals surface area contributed by atoms with Gasteiger partial charge in [-0.25, -0.2) is 0 Å². The summed E-state index contributed by atoms with van der Waals surface area (Å²) in [7, 11) is 0. The van der Waals surface area contributed by atoms with E-state index in [0.717, 1.165) is 39.0 Å². The minimum atomic E-state index is -0.252. The zero-order valence-corrected chi connectivity index (χ0v) is 11.8. The number of hydrogen-bond donors (Lipinski definition) is 2.